The summed E-state index contributed by atoms with van der Waals surface area (Å²) in [5.41, 5.74) is 0. The molecule has 1 aromatic heterocycles. The van der Waals surface area contributed by atoms with Crippen molar-refractivity contribution in [3.05, 3.63) is 12.2 Å². The standard InChI is InChI=1S/C15H28N4/c1-4-16-10-14(13-7-5-6-8-13)9-15-17-11-18-19(15)12(2)3/h11-14,16H,4-10H2,1-3H3. The number of hydrogen-bond acceptors (Lipinski definition) is 3. The predicted octanol–water partition coefficient (Wildman–Crippen LogP) is 2.82. The van der Waals surface area contributed by atoms with Crippen LogP contribution in [0.25, 0.3) is 0 Å². The summed E-state index contributed by atoms with van der Waals surface area (Å²) in [6.07, 6.45) is 8.37. The summed E-state index contributed by atoms with van der Waals surface area (Å²) < 4.78 is 2.08. The molecule has 1 aliphatic rings. The molecule has 2 rings (SSSR count). The van der Waals surface area contributed by atoms with Crippen LogP contribution in [0.15, 0.2) is 6.33 Å². The smallest absolute Gasteiger partial charge is 0.138 e. The molecule has 1 N–H and O–H groups in total. The van der Waals surface area contributed by atoms with Crippen LogP contribution in [0, 0.1) is 11.8 Å². The average Bonchev–Trinajstić information content (AvgIpc) is 3.04. The molecule has 1 atom stereocenters. The molecule has 0 aromatic carbocycles. The lowest BCUT2D eigenvalue weighted by molar-refractivity contribution is 0.311. The van der Waals surface area contributed by atoms with Gasteiger partial charge < -0.3 is 5.32 Å². The van der Waals surface area contributed by atoms with Crippen molar-refractivity contribution in [2.75, 3.05) is 13.1 Å². The van der Waals surface area contributed by atoms with Crippen molar-refractivity contribution in [2.45, 2.75) is 58.9 Å². The SMILES string of the molecule is CCNCC(Cc1ncnn1C(C)C)C1CCCC1. The summed E-state index contributed by atoms with van der Waals surface area (Å²) in [6.45, 7) is 8.70. The minimum absolute atomic E-state index is 0.404. The number of rotatable bonds is 7. The van der Waals surface area contributed by atoms with E-state index in [0.717, 1.165) is 31.3 Å². The highest BCUT2D eigenvalue weighted by molar-refractivity contribution is 4.92. The Labute approximate surface area is 117 Å². The zero-order chi connectivity index (χ0) is 13.7. The molecule has 0 spiro atoms. The first-order chi connectivity index (χ1) is 9.22. The highest BCUT2D eigenvalue weighted by atomic mass is 15.3. The molecule has 1 unspecified atom stereocenters. The molecule has 1 saturated carbocycles. The van der Waals surface area contributed by atoms with Crippen molar-refractivity contribution < 1.29 is 0 Å². The van der Waals surface area contributed by atoms with Gasteiger partial charge in [0, 0.05) is 12.5 Å². The molecule has 0 bridgehead atoms. The van der Waals surface area contributed by atoms with Crippen LogP contribution in [0.4, 0.5) is 0 Å². The average molecular weight is 264 g/mol. The van der Waals surface area contributed by atoms with Gasteiger partial charge in [-0.15, -0.1) is 0 Å². The van der Waals surface area contributed by atoms with Crippen LogP contribution < -0.4 is 5.32 Å². The Kier molecular flexibility index (Phi) is 5.37. The van der Waals surface area contributed by atoms with Crippen molar-refractivity contribution in [1.82, 2.24) is 20.1 Å². The third-order valence-corrected chi connectivity index (χ3v) is 4.30. The lowest BCUT2D eigenvalue weighted by atomic mass is 9.87. The van der Waals surface area contributed by atoms with E-state index in [4.69, 9.17) is 0 Å². The molecule has 0 amide bonds. The van der Waals surface area contributed by atoms with Gasteiger partial charge in [-0.25, -0.2) is 9.67 Å². The molecule has 19 heavy (non-hydrogen) atoms. The van der Waals surface area contributed by atoms with Gasteiger partial charge in [0.05, 0.1) is 0 Å². The van der Waals surface area contributed by atoms with Gasteiger partial charge in [0.2, 0.25) is 0 Å². The van der Waals surface area contributed by atoms with E-state index in [9.17, 15) is 0 Å². The molecular weight excluding hydrogens is 236 g/mol. The van der Waals surface area contributed by atoms with E-state index < -0.39 is 0 Å². The van der Waals surface area contributed by atoms with Crippen molar-refractivity contribution >= 4 is 0 Å². The fourth-order valence-electron chi connectivity index (χ4n) is 3.25. The van der Waals surface area contributed by atoms with Crippen LogP contribution in [0.2, 0.25) is 0 Å². The highest BCUT2D eigenvalue weighted by Gasteiger charge is 2.26. The molecule has 4 nitrogen and oxygen atoms in total. The van der Waals surface area contributed by atoms with Crippen molar-refractivity contribution in [3.63, 3.8) is 0 Å². The molecule has 1 aromatic rings. The monoisotopic (exact) mass is 264 g/mol. The lowest BCUT2D eigenvalue weighted by Crippen LogP contribution is -2.30. The van der Waals surface area contributed by atoms with Gasteiger partial charge >= 0.3 is 0 Å². The van der Waals surface area contributed by atoms with Crippen LogP contribution in [0.1, 0.15) is 58.3 Å². The molecular formula is C15H28N4. The van der Waals surface area contributed by atoms with Crippen LogP contribution in [-0.4, -0.2) is 27.9 Å². The summed E-state index contributed by atoms with van der Waals surface area (Å²) in [5.74, 6) is 2.74. The maximum absolute atomic E-state index is 4.48. The maximum Gasteiger partial charge on any atom is 0.138 e. The predicted molar refractivity (Wildman–Crippen MR) is 78.1 cm³/mol. The third-order valence-electron chi connectivity index (χ3n) is 4.30. The molecule has 1 fully saturated rings. The van der Waals surface area contributed by atoms with E-state index >= 15 is 0 Å². The topological polar surface area (TPSA) is 42.7 Å². The van der Waals surface area contributed by atoms with Gasteiger partial charge in [0.1, 0.15) is 12.2 Å². The molecule has 0 radical (unpaired) electrons. The van der Waals surface area contributed by atoms with Gasteiger partial charge in [-0.05, 0) is 38.8 Å². The normalized spacial score (nSPS) is 18.3. The van der Waals surface area contributed by atoms with Crippen molar-refractivity contribution in [2.24, 2.45) is 11.8 Å². The molecule has 1 heterocycles. The van der Waals surface area contributed by atoms with Gasteiger partial charge in [-0.1, -0.05) is 32.6 Å². The third kappa shape index (κ3) is 3.78. The van der Waals surface area contributed by atoms with Crippen LogP contribution in [0.3, 0.4) is 0 Å². The van der Waals surface area contributed by atoms with Crippen molar-refractivity contribution in [1.29, 1.82) is 0 Å². The first kappa shape index (κ1) is 14.5. The zero-order valence-electron chi connectivity index (χ0n) is 12.6. The Morgan fingerprint density at radius 1 is 1.37 bits per heavy atom. The molecule has 0 aliphatic heterocycles. The Bertz CT molecular complexity index is 366. The van der Waals surface area contributed by atoms with E-state index in [1.165, 1.54) is 25.7 Å². The Morgan fingerprint density at radius 3 is 2.74 bits per heavy atom. The number of nitrogens with zero attached hydrogens (tertiary/aromatic N) is 3. The van der Waals surface area contributed by atoms with Gasteiger partial charge in [-0.3, -0.25) is 0 Å². The summed E-state index contributed by atoms with van der Waals surface area (Å²) in [6, 6.07) is 0.404. The number of nitrogens with one attached hydrogen (secondary N) is 1. The summed E-state index contributed by atoms with van der Waals surface area (Å²) in [4.78, 5) is 4.48. The second-order valence-electron chi connectivity index (χ2n) is 6.03. The molecule has 108 valence electrons. The first-order valence-corrected chi connectivity index (χ1v) is 7.81. The van der Waals surface area contributed by atoms with Crippen LogP contribution >= 0.6 is 0 Å². The lowest BCUT2D eigenvalue weighted by Gasteiger charge is -2.24. The molecule has 4 heteroatoms. The molecule has 0 saturated heterocycles. The van der Waals surface area contributed by atoms with Gasteiger partial charge in [0.25, 0.3) is 0 Å². The van der Waals surface area contributed by atoms with Crippen LogP contribution in [-0.2, 0) is 6.42 Å². The largest absolute Gasteiger partial charge is 0.317 e. The van der Waals surface area contributed by atoms with Crippen molar-refractivity contribution in [3.8, 4) is 0 Å². The van der Waals surface area contributed by atoms with E-state index in [1.807, 2.05) is 0 Å². The minimum Gasteiger partial charge on any atom is -0.317 e. The van der Waals surface area contributed by atoms with Crippen LogP contribution in [0.5, 0.6) is 0 Å². The van der Waals surface area contributed by atoms with E-state index in [1.54, 1.807) is 6.33 Å². The maximum atomic E-state index is 4.48. The summed E-state index contributed by atoms with van der Waals surface area (Å²) in [5, 5.41) is 7.89. The Hall–Kier alpha value is -0.900. The minimum atomic E-state index is 0.404. The first-order valence-electron chi connectivity index (χ1n) is 7.81. The number of hydrogen-bond donors (Lipinski definition) is 1. The van der Waals surface area contributed by atoms with E-state index in [0.29, 0.717) is 12.0 Å². The Balaban J connectivity index is 2.03. The zero-order valence-corrected chi connectivity index (χ0v) is 12.6. The van der Waals surface area contributed by atoms with E-state index in [2.05, 4.69) is 40.9 Å². The fraction of sp³-hybridized carbons (Fsp3) is 0.867. The van der Waals surface area contributed by atoms with E-state index in [-0.39, 0.29) is 0 Å². The summed E-state index contributed by atoms with van der Waals surface area (Å²) >= 11 is 0. The Morgan fingerprint density at radius 2 is 2.11 bits per heavy atom. The van der Waals surface area contributed by atoms with Gasteiger partial charge in [-0.2, -0.15) is 5.10 Å². The molecule has 1 aliphatic carbocycles. The number of aromatic nitrogens is 3. The second kappa shape index (κ2) is 7.04. The fourth-order valence-corrected chi connectivity index (χ4v) is 3.25. The summed E-state index contributed by atoms with van der Waals surface area (Å²) in [7, 11) is 0. The highest BCUT2D eigenvalue weighted by Crippen LogP contribution is 2.32. The van der Waals surface area contributed by atoms with Gasteiger partial charge in [0.15, 0.2) is 0 Å². The quantitative estimate of drug-likeness (QED) is 0.823. The second-order valence-corrected chi connectivity index (χ2v) is 6.03.